The summed E-state index contributed by atoms with van der Waals surface area (Å²) < 4.78 is 0. The van der Waals surface area contributed by atoms with E-state index in [1.807, 2.05) is 12.1 Å². The minimum Gasteiger partial charge on any atom is -0.399 e. The normalized spacial score (nSPS) is 12.9. The molecular formula is C15H27N3. The van der Waals surface area contributed by atoms with Crippen molar-refractivity contribution in [2.45, 2.75) is 33.2 Å². The Kier molecular flexibility index (Phi) is 6.76. The van der Waals surface area contributed by atoms with Gasteiger partial charge in [-0.2, -0.15) is 0 Å². The fraction of sp³-hybridized carbons (Fsp3) is 0.600. The molecule has 1 rings (SSSR count). The molecule has 0 aliphatic rings. The van der Waals surface area contributed by atoms with Gasteiger partial charge in [-0.3, -0.25) is 4.90 Å². The van der Waals surface area contributed by atoms with Crippen LogP contribution in [0.1, 0.15) is 38.8 Å². The van der Waals surface area contributed by atoms with Gasteiger partial charge in [0.1, 0.15) is 0 Å². The van der Waals surface area contributed by atoms with Crippen LogP contribution < -0.4 is 11.1 Å². The monoisotopic (exact) mass is 249 g/mol. The predicted molar refractivity (Wildman–Crippen MR) is 79.7 cm³/mol. The van der Waals surface area contributed by atoms with E-state index in [0.717, 1.165) is 31.9 Å². The van der Waals surface area contributed by atoms with Gasteiger partial charge >= 0.3 is 0 Å². The Morgan fingerprint density at radius 1 is 1.17 bits per heavy atom. The summed E-state index contributed by atoms with van der Waals surface area (Å²) in [5.74, 6) is 0. The van der Waals surface area contributed by atoms with Crippen molar-refractivity contribution in [1.29, 1.82) is 0 Å². The van der Waals surface area contributed by atoms with Gasteiger partial charge in [0.25, 0.3) is 0 Å². The average molecular weight is 249 g/mol. The summed E-state index contributed by atoms with van der Waals surface area (Å²) in [5, 5.41) is 3.39. The lowest BCUT2D eigenvalue weighted by molar-refractivity contribution is 0.211. The lowest BCUT2D eigenvalue weighted by atomic mass is 10.1. The molecule has 1 unspecified atom stereocenters. The molecule has 1 atom stereocenters. The average Bonchev–Trinajstić information content (AvgIpc) is 2.38. The zero-order chi connectivity index (χ0) is 13.4. The van der Waals surface area contributed by atoms with E-state index < -0.39 is 0 Å². The Bertz CT molecular complexity index is 321. The molecular weight excluding hydrogens is 222 g/mol. The molecule has 0 radical (unpaired) electrons. The van der Waals surface area contributed by atoms with Crippen LogP contribution >= 0.6 is 0 Å². The van der Waals surface area contributed by atoms with Crippen molar-refractivity contribution in [3.63, 3.8) is 0 Å². The summed E-state index contributed by atoms with van der Waals surface area (Å²) in [4.78, 5) is 2.52. The molecule has 1 aromatic rings. The molecule has 0 saturated heterocycles. The second-order valence-electron chi connectivity index (χ2n) is 4.73. The highest BCUT2D eigenvalue weighted by Gasteiger charge is 2.14. The number of nitrogens with zero attached hydrogens (tertiary/aromatic N) is 1. The van der Waals surface area contributed by atoms with Crippen LogP contribution in [-0.2, 0) is 0 Å². The van der Waals surface area contributed by atoms with Gasteiger partial charge in [-0.1, -0.05) is 26.0 Å². The maximum atomic E-state index is 5.74. The summed E-state index contributed by atoms with van der Waals surface area (Å²) in [6.07, 6.45) is 1.19. The third-order valence-electron chi connectivity index (χ3n) is 3.30. The highest BCUT2D eigenvalue weighted by molar-refractivity contribution is 5.40. The molecule has 0 aliphatic heterocycles. The Morgan fingerprint density at radius 2 is 1.83 bits per heavy atom. The largest absolute Gasteiger partial charge is 0.399 e. The molecule has 3 nitrogen and oxygen atoms in total. The smallest absolute Gasteiger partial charge is 0.0320 e. The van der Waals surface area contributed by atoms with Gasteiger partial charge in [0.05, 0.1) is 0 Å². The summed E-state index contributed by atoms with van der Waals surface area (Å²) in [6, 6.07) is 8.69. The van der Waals surface area contributed by atoms with Crippen molar-refractivity contribution in [3.8, 4) is 0 Å². The molecule has 0 bridgehead atoms. The van der Waals surface area contributed by atoms with Crippen LogP contribution in [0.25, 0.3) is 0 Å². The van der Waals surface area contributed by atoms with Crippen molar-refractivity contribution in [2.24, 2.45) is 0 Å². The van der Waals surface area contributed by atoms with E-state index in [0.29, 0.717) is 6.04 Å². The van der Waals surface area contributed by atoms with Crippen molar-refractivity contribution in [3.05, 3.63) is 29.8 Å². The topological polar surface area (TPSA) is 41.3 Å². The molecule has 0 saturated carbocycles. The number of benzene rings is 1. The van der Waals surface area contributed by atoms with Gasteiger partial charge in [0.15, 0.2) is 0 Å². The van der Waals surface area contributed by atoms with Crippen LogP contribution in [0.5, 0.6) is 0 Å². The number of nitrogens with one attached hydrogen (secondary N) is 1. The highest BCUT2D eigenvalue weighted by Crippen LogP contribution is 2.21. The van der Waals surface area contributed by atoms with E-state index in [4.69, 9.17) is 5.73 Å². The fourth-order valence-corrected chi connectivity index (χ4v) is 2.17. The number of nitrogens with two attached hydrogens (primary N) is 1. The van der Waals surface area contributed by atoms with E-state index in [9.17, 15) is 0 Å². The third kappa shape index (κ3) is 4.67. The molecule has 0 fully saturated rings. The van der Waals surface area contributed by atoms with Crippen molar-refractivity contribution >= 4 is 5.69 Å². The Hall–Kier alpha value is -1.06. The van der Waals surface area contributed by atoms with Gasteiger partial charge in [0.2, 0.25) is 0 Å². The third-order valence-corrected chi connectivity index (χ3v) is 3.30. The van der Waals surface area contributed by atoms with E-state index in [1.54, 1.807) is 0 Å². The van der Waals surface area contributed by atoms with Gasteiger partial charge < -0.3 is 11.1 Å². The molecule has 3 N–H and O–H groups in total. The van der Waals surface area contributed by atoms with Crippen LogP contribution in [0.4, 0.5) is 5.69 Å². The van der Waals surface area contributed by atoms with Crippen LogP contribution in [0.2, 0.25) is 0 Å². The van der Waals surface area contributed by atoms with Crippen molar-refractivity contribution < 1.29 is 0 Å². The van der Waals surface area contributed by atoms with Crippen LogP contribution in [-0.4, -0.2) is 31.1 Å². The summed E-state index contributed by atoms with van der Waals surface area (Å²) in [7, 11) is 0. The first-order valence-corrected chi connectivity index (χ1v) is 6.99. The Morgan fingerprint density at radius 3 is 2.39 bits per heavy atom. The molecule has 1 aromatic carbocycles. The van der Waals surface area contributed by atoms with E-state index in [1.165, 1.54) is 12.0 Å². The zero-order valence-corrected chi connectivity index (χ0v) is 11.9. The van der Waals surface area contributed by atoms with Gasteiger partial charge in [-0.15, -0.1) is 0 Å². The van der Waals surface area contributed by atoms with Gasteiger partial charge in [0, 0.05) is 24.8 Å². The van der Waals surface area contributed by atoms with Gasteiger partial charge in [-0.05, 0) is 44.1 Å². The Labute approximate surface area is 111 Å². The Balaban J connectivity index is 2.62. The first kappa shape index (κ1) is 15.0. The quantitative estimate of drug-likeness (QED) is 0.550. The molecule has 0 heterocycles. The van der Waals surface area contributed by atoms with Crippen LogP contribution in [0.15, 0.2) is 24.3 Å². The maximum absolute atomic E-state index is 5.74. The summed E-state index contributed by atoms with van der Waals surface area (Å²) >= 11 is 0. The molecule has 0 spiro atoms. The number of hydrogen-bond donors (Lipinski definition) is 2. The fourth-order valence-electron chi connectivity index (χ4n) is 2.17. The minimum absolute atomic E-state index is 0.448. The SMILES string of the molecule is CCCN(CCNCC)C(C)c1ccc(N)cc1. The maximum Gasteiger partial charge on any atom is 0.0320 e. The van der Waals surface area contributed by atoms with E-state index in [-0.39, 0.29) is 0 Å². The lowest BCUT2D eigenvalue weighted by Gasteiger charge is -2.29. The number of nitrogen functional groups attached to an aromatic ring is 1. The van der Waals surface area contributed by atoms with E-state index in [2.05, 4.69) is 43.1 Å². The minimum atomic E-state index is 0.448. The molecule has 3 heteroatoms. The lowest BCUT2D eigenvalue weighted by Crippen LogP contribution is -2.34. The number of likely N-dealkylation sites (N-methyl/N-ethyl adjacent to an activating group) is 1. The number of rotatable bonds is 8. The van der Waals surface area contributed by atoms with Crippen molar-refractivity contribution in [1.82, 2.24) is 10.2 Å². The standard InChI is InChI=1S/C15H27N3/c1-4-11-18(12-10-17-5-2)13(3)14-6-8-15(16)9-7-14/h6-9,13,17H,4-5,10-12,16H2,1-3H3. The summed E-state index contributed by atoms with van der Waals surface area (Å²) in [5.41, 5.74) is 7.91. The predicted octanol–water partition coefficient (Wildman–Crippen LogP) is 2.65. The second kappa shape index (κ2) is 8.11. The first-order valence-electron chi connectivity index (χ1n) is 6.99. The summed E-state index contributed by atoms with van der Waals surface area (Å²) in [6.45, 7) is 11.0. The first-order chi connectivity index (χ1) is 8.69. The van der Waals surface area contributed by atoms with Crippen LogP contribution in [0.3, 0.4) is 0 Å². The van der Waals surface area contributed by atoms with Crippen molar-refractivity contribution in [2.75, 3.05) is 31.9 Å². The number of hydrogen-bond acceptors (Lipinski definition) is 3. The molecule has 0 amide bonds. The highest BCUT2D eigenvalue weighted by atomic mass is 15.2. The van der Waals surface area contributed by atoms with Gasteiger partial charge in [-0.25, -0.2) is 0 Å². The molecule has 18 heavy (non-hydrogen) atoms. The molecule has 0 aromatic heterocycles. The zero-order valence-electron chi connectivity index (χ0n) is 11.9. The second-order valence-corrected chi connectivity index (χ2v) is 4.73. The number of anilines is 1. The molecule has 0 aliphatic carbocycles. The molecule has 102 valence electrons. The van der Waals surface area contributed by atoms with Crippen LogP contribution in [0, 0.1) is 0 Å². The van der Waals surface area contributed by atoms with E-state index >= 15 is 0 Å².